The molecule has 0 fully saturated rings. The lowest BCUT2D eigenvalue weighted by atomic mass is 10.1. The van der Waals surface area contributed by atoms with E-state index in [1.54, 1.807) is 12.1 Å². The number of hydrogen-bond acceptors (Lipinski definition) is 4. The average molecular weight is 353 g/mol. The quantitative estimate of drug-likeness (QED) is 0.706. The third-order valence-corrected chi connectivity index (χ3v) is 4.06. The highest BCUT2D eigenvalue weighted by Crippen LogP contribution is 2.21. The maximum atomic E-state index is 12.8. The monoisotopic (exact) mass is 353 g/mol. The summed E-state index contributed by atoms with van der Waals surface area (Å²) < 4.78 is 18.5. The molecule has 0 aliphatic heterocycles. The van der Waals surface area contributed by atoms with E-state index in [9.17, 15) is 9.18 Å². The maximum absolute atomic E-state index is 12.8. The summed E-state index contributed by atoms with van der Waals surface area (Å²) in [4.78, 5) is 11.9. The number of rotatable bonds is 7. The Morgan fingerprint density at radius 1 is 1.08 bits per heavy atom. The summed E-state index contributed by atoms with van der Waals surface area (Å²) >= 11 is 0. The van der Waals surface area contributed by atoms with Gasteiger partial charge in [-0.25, -0.2) is 4.39 Å². The molecule has 3 rings (SSSR count). The van der Waals surface area contributed by atoms with Crippen LogP contribution in [0.5, 0.6) is 0 Å². The minimum atomic E-state index is -0.262. The minimum absolute atomic E-state index is 0.0808. The van der Waals surface area contributed by atoms with Gasteiger partial charge >= 0.3 is 0 Å². The highest BCUT2D eigenvalue weighted by atomic mass is 19.1. The lowest BCUT2D eigenvalue weighted by molar-refractivity contribution is -0.121. The van der Waals surface area contributed by atoms with Crippen LogP contribution in [0, 0.1) is 12.7 Å². The van der Waals surface area contributed by atoms with Crippen LogP contribution in [0.3, 0.4) is 0 Å². The Labute approximate surface area is 151 Å². The van der Waals surface area contributed by atoms with Crippen molar-refractivity contribution in [2.75, 3.05) is 6.54 Å². The summed E-state index contributed by atoms with van der Waals surface area (Å²) in [6, 6.07) is 14.0. The Morgan fingerprint density at radius 2 is 1.85 bits per heavy atom. The Balaban J connectivity index is 1.45. The van der Waals surface area contributed by atoms with Crippen LogP contribution in [0.1, 0.15) is 23.4 Å². The lowest BCUT2D eigenvalue weighted by Crippen LogP contribution is -2.25. The molecule has 0 atom stereocenters. The summed E-state index contributed by atoms with van der Waals surface area (Å²) in [7, 11) is 0. The predicted octanol–water partition coefficient (Wildman–Crippen LogP) is 3.48. The predicted molar refractivity (Wildman–Crippen MR) is 95.9 cm³/mol. The molecule has 6 heteroatoms. The highest BCUT2D eigenvalue weighted by Gasteiger charge is 2.11. The normalized spacial score (nSPS) is 10.7. The van der Waals surface area contributed by atoms with E-state index in [0.717, 1.165) is 16.7 Å². The molecule has 2 aromatic carbocycles. The molecule has 26 heavy (non-hydrogen) atoms. The first-order valence-electron chi connectivity index (χ1n) is 8.51. The third-order valence-electron chi connectivity index (χ3n) is 4.06. The van der Waals surface area contributed by atoms with Crippen molar-refractivity contribution in [1.29, 1.82) is 0 Å². The van der Waals surface area contributed by atoms with Gasteiger partial charge in [0.1, 0.15) is 5.82 Å². The molecule has 0 saturated carbocycles. The second-order valence-electron chi connectivity index (χ2n) is 6.04. The van der Waals surface area contributed by atoms with Crippen LogP contribution in [-0.2, 0) is 17.6 Å². The van der Waals surface area contributed by atoms with Gasteiger partial charge in [-0.05, 0) is 42.7 Å². The van der Waals surface area contributed by atoms with Crippen molar-refractivity contribution in [2.45, 2.75) is 26.2 Å². The van der Waals surface area contributed by atoms with Gasteiger partial charge in [0.25, 0.3) is 0 Å². The van der Waals surface area contributed by atoms with Crippen LogP contribution in [-0.4, -0.2) is 22.6 Å². The van der Waals surface area contributed by atoms with Crippen LogP contribution in [0.2, 0.25) is 0 Å². The molecule has 3 aromatic rings. The average Bonchev–Trinajstić information content (AvgIpc) is 3.11. The van der Waals surface area contributed by atoms with Crippen molar-refractivity contribution in [3.63, 3.8) is 0 Å². The zero-order valence-corrected chi connectivity index (χ0v) is 14.5. The van der Waals surface area contributed by atoms with Crippen LogP contribution < -0.4 is 5.32 Å². The molecule has 0 unspecified atom stereocenters. The Hall–Kier alpha value is -3.02. The van der Waals surface area contributed by atoms with Gasteiger partial charge in [0, 0.05) is 24.9 Å². The molecule has 1 N–H and O–H groups in total. The SMILES string of the molecule is Cc1ccccc1-c1nnc(CCC(=O)NCCc2ccc(F)cc2)o1. The second kappa shape index (κ2) is 8.38. The molecule has 1 amide bonds. The van der Waals surface area contributed by atoms with E-state index in [1.165, 1.54) is 12.1 Å². The molecule has 134 valence electrons. The van der Waals surface area contributed by atoms with E-state index in [0.29, 0.717) is 31.2 Å². The second-order valence-corrected chi connectivity index (χ2v) is 6.04. The van der Waals surface area contributed by atoms with Gasteiger partial charge in [-0.15, -0.1) is 10.2 Å². The van der Waals surface area contributed by atoms with Gasteiger partial charge in [-0.2, -0.15) is 0 Å². The molecule has 5 nitrogen and oxygen atoms in total. The molecule has 0 saturated heterocycles. The van der Waals surface area contributed by atoms with Crippen molar-refractivity contribution in [3.8, 4) is 11.5 Å². The first-order valence-corrected chi connectivity index (χ1v) is 8.51. The summed E-state index contributed by atoms with van der Waals surface area (Å²) in [5.74, 6) is 0.567. The summed E-state index contributed by atoms with van der Waals surface area (Å²) in [6.07, 6.45) is 1.32. The molecule has 0 aliphatic rings. The number of carbonyl (C=O) groups excluding carboxylic acids is 1. The van der Waals surface area contributed by atoms with E-state index in [-0.39, 0.29) is 18.1 Å². The number of carbonyl (C=O) groups is 1. The number of nitrogens with one attached hydrogen (secondary N) is 1. The highest BCUT2D eigenvalue weighted by molar-refractivity contribution is 5.76. The number of benzene rings is 2. The number of halogens is 1. The van der Waals surface area contributed by atoms with Crippen LogP contribution >= 0.6 is 0 Å². The summed E-state index contributed by atoms with van der Waals surface area (Å²) in [6.45, 7) is 2.48. The summed E-state index contributed by atoms with van der Waals surface area (Å²) in [5.41, 5.74) is 2.93. The fraction of sp³-hybridized carbons (Fsp3) is 0.250. The fourth-order valence-electron chi connectivity index (χ4n) is 2.58. The topological polar surface area (TPSA) is 68.0 Å². The number of nitrogens with zero attached hydrogens (tertiary/aromatic N) is 2. The molecule has 1 aromatic heterocycles. The molecule has 0 radical (unpaired) electrons. The zero-order valence-electron chi connectivity index (χ0n) is 14.5. The van der Waals surface area contributed by atoms with Crippen LogP contribution in [0.25, 0.3) is 11.5 Å². The van der Waals surface area contributed by atoms with Crippen molar-refractivity contribution in [3.05, 3.63) is 71.4 Å². The molecule has 0 aliphatic carbocycles. The van der Waals surface area contributed by atoms with Gasteiger partial charge in [0.05, 0.1) is 0 Å². The van der Waals surface area contributed by atoms with Gasteiger partial charge < -0.3 is 9.73 Å². The standard InChI is InChI=1S/C20H20FN3O2/c1-14-4-2-3-5-17(14)20-24-23-19(26-20)11-10-18(25)22-13-12-15-6-8-16(21)9-7-15/h2-9H,10-13H2,1H3,(H,22,25). The first kappa shape index (κ1) is 17.8. The first-order chi connectivity index (χ1) is 12.6. The smallest absolute Gasteiger partial charge is 0.247 e. The van der Waals surface area contributed by atoms with E-state index >= 15 is 0 Å². The summed E-state index contributed by atoms with van der Waals surface area (Å²) in [5, 5.41) is 10.9. The van der Waals surface area contributed by atoms with E-state index < -0.39 is 0 Å². The number of amides is 1. The number of hydrogen-bond donors (Lipinski definition) is 1. The van der Waals surface area contributed by atoms with Crippen molar-refractivity contribution < 1.29 is 13.6 Å². The Kier molecular flexibility index (Phi) is 5.73. The van der Waals surface area contributed by atoms with Gasteiger partial charge in [-0.1, -0.05) is 30.3 Å². The molecule has 0 spiro atoms. The molecule has 1 heterocycles. The molecular weight excluding hydrogens is 333 g/mol. The lowest BCUT2D eigenvalue weighted by Gasteiger charge is -2.04. The zero-order chi connectivity index (χ0) is 18.4. The van der Waals surface area contributed by atoms with Gasteiger partial charge in [0.2, 0.25) is 17.7 Å². The van der Waals surface area contributed by atoms with Crippen molar-refractivity contribution >= 4 is 5.91 Å². The number of aryl methyl sites for hydroxylation is 2. The molecule has 0 bridgehead atoms. The molecular formula is C20H20FN3O2. The Bertz CT molecular complexity index is 875. The fourth-order valence-corrected chi connectivity index (χ4v) is 2.58. The Morgan fingerprint density at radius 3 is 2.62 bits per heavy atom. The van der Waals surface area contributed by atoms with E-state index in [4.69, 9.17) is 4.42 Å². The van der Waals surface area contributed by atoms with Gasteiger partial charge in [0.15, 0.2) is 0 Å². The van der Waals surface area contributed by atoms with Gasteiger partial charge in [-0.3, -0.25) is 4.79 Å². The van der Waals surface area contributed by atoms with Crippen LogP contribution in [0.4, 0.5) is 4.39 Å². The van der Waals surface area contributed by atoms with Crippen LogP contribution in [0.15, 0.2) is 52.9 Å². The minimum Gasteiger partial charge on any atom is -0.421 e. The van der Waals surface area contributed by atoms with Crippen molar-refractivity contribution in [1.82, 2.24) is 15.5 Å². The van der Waals surface area contributed by atoms with Crippen molar-refractivity contribution in [2.24, 2.45) is 0 Å². The van der Waals surface area contributed by atoms with E-state index in [1.807, 2.05) is 31.2 Å². The van der Waals surface area contributed by atoms with E-state index in [2.05, 4.69) is 15.5 Å². The number of aromatic nitrogens is 2. The largest absolute Gasteiger partial charge is 0.421 e. The third kappa shape index (κ3) is 4.75. The maximum Gasteiger partial charge on any atom is 0.247 e.